The highest BCUT2D eigenvalue weighted by Gasteiger charge is 2.36. The van der Waals surface area contributed by atoms with Gasteiger partial charge in [0.15, 0.2) is 5.69 Å². The van der Waals surface area contributed by atoms with Crippen molar-refractivity contribution in [2.45, 2.75) is 44.8 Å². The molecule has 1 atom stereocenters. The van der Waals surface area contributed by atoms with Crippen LogP contribution in [0.5, 0.6) is 5.75 Å². The van der Waals surface area contributed by atoms with Gasteiger partial charge < -0.3 is 25.2 Å². The predicted octanol–water partition coefficient (Wildman–Crippen LogP) is 6.22. The monoisotopic (exact) mass is 644 g/mol. The lowest BCUT2D eigenvalue weighted by Crippen LogP contribution is -2.21. The number of carbonyl (C=O) groups excluding carboxylic acids is 1. The van der Waals surface area contributed by atoms with E-state index in [1.807, 2.05) is 13.8 Å². The molecule has 3 N–H and O–H groups in total. The summed E-state index contributed by atoms with van der Waals surface area (Å²) in [5.41, 5.74) is 0.470. The fourth-order valence-corrected chi connectivity index (χ4v) is 6.54. The van der Waals surface area contributed by atoms with Gasteiger partial charge in [0.25, 0.3) is 5.91 Å². The summed E-state index contributed by atoms with van der Waals surface area (Å²) in [6.45, 7) is 4.40. The summed E-state index contributed by atoms with van der Waals surface area (Å²) in [6.07, 6.45) is -0.180. The largest absolute Gasteiger partial charge is 0.495 e. The second-order valence-electron chi connectivity index (χ2n) is 10.6. The van der Waals surface area contributed by atoms with Crippen molar-refractivity contribution in [2.75, 3.05) is 31.4 Å². The maximum Gasteiger partial charge on any atom is 0.421 e. The Hall–Kier alpha value is -4.49. The van der Waals surface area contributed by atoms with Gasteiger partial charge in [-0.3, -0.25) is 14.0 Å². The minimum absolute atomic E-state index is 0.00329. The summed E-state index contributed by atoms with van der Waals surface area (Å²) < 4.78 is 69.2. The SMILES string of the molecule is CNC(=O)c1nc2ccc1Nc1nc(ncc1C(F)(F)F)Nc1ccc(cc1OC)CP(=O)(C(C)C)OCCCn1cc-2cn1. The maximum atomic E-state index is 14.0. The van der Waals surface area contributed by atoms with Gasteiger partial charge in [0.1, 0.15) is 17.1 Å². The average Bonchev–Trinajstić information content (AvgIpc) is 3.48. The number of nitrogens with one attached hydrogen (secondary N) is 3. The smallest absolute Gasteiger partial charge is 0.421 e. The molecule has 1 unspecified atom stereocenters. The van der Waals surface area contributed by atoms with Crippen LogP contribution in [0.1, 0.15) is 41.9 Å². The number of halogens is 3. The van der Waals surface area contributed by atoms with Crippen molar-refractivity contribution in [1.29, 1.82) is 0 Å². The van der Waals surface area contributed by atoms with Crippen LogP contribution < -0.4 is 20.7 Å². The minimum Gasteiger partial charge on any atom is -0.495 e. The van der Waals surface area contributed by atoms with Crippen molar-refractivity contribution in [3.63, 3.8) is 0 Å². The summed E-state index contributed by atoms with van der Waals surface area (Å²) in [4.78, 5) is 25.2. The van der Waals surface area contributed by atoms with Gasteiger partial charge in [-0.15, -0.1) is 0 Å². The van der Waals surface area contributed by atoms with Crippen LogP contribution in [-0.4, -0.2) is 57.1 Å². The molecule has 16 heteroatoms. The highest BCUT2D eigenvalue weighted by molar-refractivity contribution is 7.58. The van der Waals surface area contributed by atoms with Gasteiger partial charge in [-0.2, -0.15) is 23.3 Å². The molecule has 4 aliphatic rings. The number of methoxy groups -OCH3 is 1. The molecule has 45 heavy (non-hydrogen) atoms. The van der Waals surface area contributed by atoms with Crippen LogP contribution in [0.3, 0.4) is 0 Å². The number of anilines is 4. The number of aryl methyl sites for hydroxylation is 1. The van der Waals surface area contributed by atoms with Crippen molar-refractivity contribution in [3.05, 3.63) is 65.7 Å². The van der Waals surface area contributed by atoms with Crippen molar-refractivity contribution in [1.82, 2.24) is 30.0 Å². The third-order valence-electron chi connectivity index (χ3n) is 7.16. The summed E-state index contributed by atoms with van der Waals surface area (Å²) in [5.74, 6) is -1.06. The summed E-state index contributed by atoms with van der Waals surface area (Å²) in [7, 11) is -0.297. The Kier molecular flexibility index (Phi) is 9.12. The van der Waals surface area contributed by atoms with Crippen LogP contribution >= 0.6 is 7.37 Å². The normalized spacial score (nSPS) is 17.2. The molecule has 4 aromatic rings. The second kappa shape index (κ2) is 12.9. The number of rotatable bonds is 3. The molecular weight excluding hydrogens is 612 g/mol. The molecule has 0 saturated carbocycles. The Balaban J connectivity index is 1.63. The summed E-state index contributed by atoms with van der Waals surface area (Å²) in [6, 6.07) is 8.06. The summed E-state index contributed by atoms with van der Waals surface area (Å²) >= 11 is 0. The van der Waals surface area contributed by atoms with Crippen molar-refractivity contribution in [3.8, 4) is 17.0 Å². The number of nitrogens with zero attached hydrogens (tertiary/aromatic N) is 5. The number of aromatic nitrogens is 5. The molecule has 0 spiro atoms. The van der Waals surface area contributed by atoms with Crippen LogP contribution in [0.2, 0.25) is 0 Å². The zero-order chi connectivity index (χ0) is 32.4. The van der Waals surface area contributed by atoms with E-state index in [9.17, 15) is 22.5 Å². The number of benzene rings is 1. The van der Waals surface area contributed by atoms with Gasteiger partial charge in [-0.1, -0.05) is 19.9 Å². The van der Waals surface area contributed by atoms with E-state index in [4.69, 9.17) is 9.26 Å². The third-order valence-corrected chi connectivity index (χ3v) is 10.2. The molecular formula is C29H32F3N8O4P. The first-order valence-electron chi connectivity index (χ1n) is 14.0. The standard InChI is InChI=1S/C29H32F3N8O4P/c1-17(2)45(42)16-18-6-7-22(24(12-18)43-4)38-28-34-14-20(29(30,31)32)26(39-28)37-23-9-8-21(36-25(23)27(41)33-3)19-13-35-40(15-19)10-5-11-44-45/h6-9,12-15,17H,5,10-11,16H2,1-4H3,(H,33,41)(H2,34,37,38,39). The zero-order valence-electron chi connectivity index (χ0n) is 25.0. The molecule has 238 valence electrons. The lowest BCUT2D eigenvalue weighted by Gasteiger charge is -2.23. The molecule has 1 amide bonds. The van der Waals surface area contributed by atoms with Gasteiger partial charge >= 0.3 is 6.18 Å². The first-order chi connectivity index (χ1) is 21.4. The zero-order valence-corrected chi connectivity index (χ0v) is 25.9. The van der Waals surface area contributed by atoms with E-state index in [0.717, 1.165) is 0 Å². The van der Waals surface area contributed by atoms with Crippen molar-refractivity contribution in [2.24, 2.45) is 0 Å². The Labute approximate surface area is 257 Å². The van der Waals surface area contributed by atoms with Crippen molar-refractivity contribution < 1.29 is 31.8 Å². The third kappa shape index (κ3) is 7.10. The Morgan fingerprint density at radius 2 is 1.91 bits per heavy atom. The van der Waals surface area contributed by atoms with Crippen molar-refractivity contribution >= 4 is 36.4 Å². The highest BCUT2D eigenvalue weighted by atomic mass is 31.2. The molecule has 12 nitrogen and oxygen atoms in total. The first kappa shape index (κ1) is 31.9. The van der Waals surface area contributed by atoms with Gasteiger partial charge in [-0.05, 0) is 36.2 Å². The van der Waals surface area contributed by atoms with E-state index in [1.165, 1.54) is 20.2 Å². The molecule has 3 aromatic heterocycles. The van der Waals surface area contributed by atoms with E-state index in [1.54, 1.807) is 41.3 Å². The van der Waals surface area contributed by atoms with Crippen LogP contribution in [0.25, 0.3) is 11.3 Å². The average molecular weight is 645 g/mol. The van der Waals surface area contributed by atoms with Gasteiger partial charge in [0, 0.05) is 37.2 Å². The van der Waals surface area contributed by atoms with Gasteiger partial charge in [-0.25, -0.2) is 9.97 Å². The minimum atomic E-state index is -4.81. The fourth-order valence-electron chi connectivity index (χ4n) is 4.64. The van der Waals surface area contributed by atoms with E-state index in [0.29, 0.717) is 47.4 Å². The lowest BCUT2D eigenvalue weighted by molar-refractivity contribution is -0.137. The number of hydrogen-bond donors (Lipinski definition) is 3. The molecule has 1 aromatic carbocycles. The fraction of sp³-hybridized carbons (Fsp3) is 0.345. The molecule has 7 heterocycles. The topological polar surface area (TPSA) is 145 Å². The number of hydrogen-bond acceptors (Lipinski definition) is 10. The van der Waals surface area contributed by atoms with E-state index < -0.39 is 30.8 Å². The highest BCUT2D eigenvalue weighted by Crippen LogP contribution is 2.55. The number of alkyl halides is 3. The molecule has 0 saturated heterocycles. The maximum absolute atomic E-state index is 14.0. The molecule has 8 rings (SSSR count). The first-order valence-corrected chi connectivity index (χ1v) is 15.9. The van der Waals surface area contributed by atoms with E-state index in [2.05, 4.69) is 36.0 Å². The van der Waals surface area contributed by atoms with E-state index in [-0.39, 0.29) is 35.8 Å². The number of ether oxygens (including phenoxy) is 1. The Morgan fingerprint density at radius 1 is 1.13 bits per heavy atom. The molecule has 0 aliphatic carbocycles. The molecule has 4 aliphatic heterocycles. The van der Waals surface area contributed by atoms with Gasteiger partial charge in [0.2, 0.25) is 13.3 Å². The number of carbonyl (C=O) groups is 1. The predicted molar refractivity (Wildman–Crippen MR) is 162 cm³/mol. The van der Waals surface area contributed by atoms with Crippen LogP contribution in [0, 0.1) is 0 Å². The van der Waals surface area contributed by atoms with Crippen LogP contribution in [-0.2, 0) is 28.0 Å². The Bertz CT molecular complexity index is 1760. The van der Waals surface area contributed by atoms with Gasteiger partial charge in [0.05, 0.1) is 43.1 Å². The van der Waals surface area contributed by atoms with Crippen LogP contribution in [0.4, 0.5) is 36.3 Å². The lowest BCUT2D eigenvalue weighted by atomic mass is 10.1. The molecule has 8 bridgehead atoms. The van der Waals surface area contributed by atoms with Crippen LogP contribution in [0.15, 0.2) is 48.9 Å². The molecule has 0 fully saturated rings. The molecule has 0 radical (unpaired) electrons. The van der Waals surface area contributed by atoms with E-state index >= 15 is 0 Å². The quantitative estimate of drug-likeness (QED) is 0.220. The second-order valence-corrected chi connectivity index (χ2v) is 13.6. The summed E-state index contributed by atoms with van der Waals surface area (Å²) in [5, 5.41) is 12.4. The Morgan fingerprint density at radius 3 is 2.62 bits per heavy atom. The number of pyridine rings is 1. The number of amides is 1.